The second-order valence-electron chi connectivity index (χ2n) is 6.80. The number of anilines is 1. The van der Waals surface area contributed by atoms with Crippen LogP contribution in [0.15, 0.2) is 47.5 Å². The van der Waals surface area contributed by atoms with Crippen molar-refractivity contribution in [1.82, 2.24) is 10.3 Å². The fraction of sp³-hybridized carbons (Fsp3) is 0.238. The van der Waals surface area contributed by atoms with Gasteiger partial charge in [0.15, 0.2) is 10.3 Å². The number of hydrogen-bond donors (Lipinski definition) is 3. The molecule has 0 bridgehead atoms. The van der Waals surface area contributed by atoms with Gasteiger partial charge in [-0.25, -0.2) is 9.98 Å². The van der Waals surface area contributed by atoms with Crippen molar-refractivity contribution < 1.29 is 19.4 Å². The van der Waals surface area contributed by atoms with Crippen LogP contribution < -0.4 is 15.4 Å². The van der Waals surface area contributed by atoms with Gasteiger partial charge in [-0.15, -0.1) is 0 Å². The van der Waals surface area contributed by atoms with E-state index in [2.05, 4.69) is 20.6 Å². The zero-order valence-electron chi connectivity index (χ0n) is 16.6. The van der Waals surface area contributed by atoms with E-state index in [0.29, 0.717) is 10.9 Å². The summed E-state index contributed by atoms with van der Waals surface area (Å²) in [5, 5.41) is 16.1. The van der Waals surface area contributed by atoms with Crippen LogP contribution in [-0.2, 0) is 16.0 Å². The van der Waals surface area contributed by atoms with Gasteiger partial charge in [-0.3, -0.25) is 9.59 Å². The highest BCUT2D eigenvalue weighted by Crippen LogP contribution is 2.32. The summed E-state index contributed by atoms with van der Waals surface area (Å²) in [5.41, 5.74) is 2.71. The van der Waals surface area contributed by atoms with E-state index in [0.717, 1.165) is 51.4 Å². The number of nitrogens with zero attached hydrogens (tertiary/aromatic N) is 2. The number of hydrogen-bond acceptors (Lipinski definition) is 8. The molecule has 4 rings (SSSR count). The van der Waals surface area contributed by atoms with Crippen molar-refractivity contribution in [2.24, 2.45) is 4.99 Å². The Hall–Kier alpha value is -3.11. The molecule has 3 aromatic rings. The van der Waals surface area contributed by atoms with Gasteiger partial charge in [0.1, 0.15) is 17.3 Å². The first-order valence-electron chi connectivity index (χ1n) is 9.57. The summed E-state index contributed by atoms with van der Waals surface area (Å²) < 4.78 is 6.43. The van der Waals surface area contributed by atoms with Gasteiger partial charge in [-0.05, 0) is 48.0 Å². The number of thiazole rings is 1. The standard InChI is InChI=1S/C21H20N4O4S2/c1-29-15-3-2-4-16-18(15)25-20(30-16)22-10-9-12-5-7-13(8-6-12)23-21-24-14(11-17(26)27)19(28)31-21/h2-8,14H,9-11H2,1H3,(H,22,25)(H,23,24)(H,26,27)/t14-/m0/s1. The Kier molecular flexibility index (Phi) is 6.38. The van der Waals surface area contributed by atoms with Crippen LogP contribution in [0.4, 0.5) is 10.8 Å². The number of aliphatic carboxylic acids is 1. The Labute approximate surface area is 186 Å². The number of carboxylic acid groups (broad SMARTS) is 1. The lowest BCUT2D eigenvalue weighted by atomic mass is 10.1. The molecule has 1 aliphatic heterocycles. The van der Waals surface area contributed by atoms with Gasteiger partial charge in [0.05, 0.1) is 23.9 Å². The molecule has 1 saturated heterocycles. The number of carbonyl (C=O) groups is 2. The number of para-hydroxylation sites is 1. The first-order valence-corrected chi connectivity index (χ1v) is 11.2. The first-order chi connectivity index (χ1) is 15.0. The Morgan fingerprint density at radius 3 is 2.84 bits per heavy atom. The summed E-state index contributed by atoms with van der Waals surface area (Å²) in [5.74, 6) is -0.249. The van der Waals surface area contributed by atoms with Gasteiger partial charge in [0.25, 0.3) is 0 Å². The number of fused-ring (bicyclic) bond motifs is 1. The van der Waals surface area contributed by atoms with E-state index in [4.69, 9.17) is 9.84 Å². The third-order valence-electron chi connectivity index (χ3n) is 4.62. The van der Waals surface area contributed by atoms with Crippen LogP contribution in [0.25, 0.3) is 10.2 Å². The van der Waals surface area contributed by atoms with Crippen LogP contribution in [0.2, 0.25) is 0 Å². The molecule has 8 nitrogen and oxygen atoms in total. The third kappa shape index (κ3) is 5.15. The van der Waals surface area contributed by atoms with Crippen LogP contribution in [-0.4, -0.2) is 46.0 Å². The number of nitrogens with one attached hydrogen (secondary N) is 2. The molecule has 3 N–H and O–H groups in total. The van der Waals surface area contributed by atoms with Gasteiger partial charge in [-0.2, -0.15) is 0 Å². The van der Waals surface area contributed by atoms with Crippen molar-refractivity contribution in [2.75, 3.05) is 19.0 Å². The number of benzene rings is 2. The zero-order chi connectivity index (χ0) is 21.8. The number of carbonyl (C=O) groups excluding carboxylic acids is 1. The molecule has 31 heavy (non-hydrogen) atoms. The molecule has 2 heterocycles. The molecule has 160 valence electrons. The number of ether oxygens (including phenoxy) is 1. The summed E-state index contributed by atoms with van der Waals surface area (Å²) >= 11 is 2.53. The van der Waals surface area contributed by atoms with Gasteiger partial charge in [-0.1, -0.05) is 29.5 Å². The van der Waals surface area contributed by atoms with E-state index in [1.165, 1.54) is 0 Å². The number of amidine groups is 1. The average molecular weight is 457 g/mol. The van der Waals surface area contributed by atoms with Gasteiger partial charge in [0.2, 0.25) is 5.12 Å². The maximum absolute atomic E-state index is 11.8. The minimum Gasteiger partial charge on any atom is -0.494 e. The van der Waals surface area contributed by atoms with Crippen molar-refractivity contribution in [3.8, 4) is 5.75 Å². The highest BCUT2D eigenvalue weighted by Gasteiger charge is 2.31. The number of carboxylic acids is 1. The van der Waals surface area contributed by atoms with Crippen molar-refractivity contribution in [2.45, 2.75) is 18.9 Å². The normalized spacial score (nSPS) is 17.1. The topological polar surface area (TPSA) is 113 Å². The van der Waals surface area contributed by atoms with Crippen molar-refractivity contribution in [1.29, 1.82) is 0 Å². The number of aromatic nitrogens is 1. The van der Waals surface area contributed by atoms with E-state index < -0.39 is 12.0 Å². The number of methoxy groups -OCH3 is 1. The van der Waals surface area contributed by atoms with Crippen molar-refractivity contribution in [3.63, 3.8) is 0 Å². The molecule has 0 spiro atoms. The number of rotatable bonds is 8. The summed E-state index contributed by atoms with van der Waals surface area (Å²) in [6, 6.07) is 12.9. The zero-order valence-corrected chi connectivity index (χ0v) is 18.3. The van der Waals surface area contributed by atoms with E-state index in [9.17, 15) is 9.59 Å². The summed E-state index contributed by atoms with van der Waals surface area (Å²) in [6.45, 7) is 0.735. The molecule has 1 fully saturated rings. The molecule has 0 unspecified atom stereocenters. The highest BCUT2D eigenvalue weighted by molar-refractivity contribution is 8.27. The fourth-order valence-electron chi connectivity index (χ4n) is 3.10. The molecule has 0 aliphatic carbocycles. The van der Waals surface area contributed by atoms with Crippen molar-refractivity contribution in [3.05, 3.63) is 48.0 Å². The molecule has 1 atom stereocenters. The minimum absolute atomic E-state index is 0.226. The van der Waals surface area contributed by atoms with E-state index in [1.807, 2.05) is 42.5 Å². The SMILES string of the molecule is COc1cccc2sc(NCCc3ccc(/N=C4/N[C@@H](CC(=O)O)C(=O)S4)cc3)nc12. The molecule has 1 aromatic heterocycles. The van der Waals surface area contributed by atoms with E-state index in [-0.39, 0.29) is 11.5 Å². The second kappa shape index (κ2) is 9.36. The Morgan fingerprint density at radius 1 is 1.29 bits per heavy atom. The third-order valence-corrected chi connectivity index (χ3v) is 6.48. The van der Waals surface area contributed by atoms with Gasteiger partial charge >= 0.3 is 5.97 Å². The van der Waals surface area contributed by atoms with Crippen molar-refractivity contribution >= 4 is 60.4 Å². The molecular formula is C21H20N4O4S2. The smallest absolute Gasteiger partial charge is 0.305 e. The summed E-state index contributed by atoms with van der Waals surface area (Å²) in [4.78, 5) is 31.6. The monoisotopic (exact) mass is 456 g/mol. The van der Waals surface area contributed by atoms with E-state index in [1.54, 1.807) is 18.4 Å². The minimum atomic E-state index is -1.02. The lowest BCUT2D eigenvalue weighted by Gasteiger charge is -2.05. The Morgan fingerprint density at radius 2 is 2.10 bits per heavy atom. The molecule has 10 heteroatoms. The highest BCUT2D eigenvalue weighted by atomic mass is 32.2. The molecule has 0 saturated carbocycles. The maximum Gasteiger partial charge on any atom is 0.305 e. The summed E-state index contributed by atoms with van der Waals surface area (Å²) in [7, 11) is 1.64. The predicted molar refractivity (Wildman–Crippen MR) is 124 cm³/mol. The predicted octanol–water partition coefficient (Wildman–Crippen LogP) is 3.65. The lowest BCUT2D eigenvalue weighted by Crippen LogP contribution is -2.31. The van der Waals surface area contributed by atoms with Crippen LogP contribution in [0.5, 0.6) is 5.75 Å². The fourth-order valence-corrected chi connectivity index (χ4v) is 4.84. The number of thioether (sulfide) groups is 1. The molecule has 0 radical (unpaired) electrons. The molecule has 2 aromatic carbocycles. The number of aliphatic imine (C=N–C) groups is 1. The lowest BCUT2D eigenvalue weighted by molar-refractivity contribution is -0.138. The molecular weight excluding hydrogens is 436 g/mol. The van der Waals surface area contributed by atoms with Crippen LogP contribution in [0.1, 0.15) is 12.0 Å². The maximum atomic E-state index is 11.8. The quantitative estimate of drug-likeness (QED) is 0.471. The second-order valence-corrected chi connectivity index (χ2v) is 8.83. The van der Waals surface area contributed by atoms with Crippen LogP contribution in [0.3, 0.4) is 0 Å². The Bertz CT molecular complexity index is 1140. The van der Waals surface area contributed by atoms with Gasteiger partial charge in [0, 0.05) is 6.54 Å². The van der Waals surface area contributed by atoms with E-state index >= 15 is 0 Å². The van der Waals surface area contributed by atoms with Crippen LogP contribution in [0, 0.1) is 0 Å². The molecule has 0 amide bonds. The van der Waals surface area contributed by atoms with Crippen LogP contribution >= 0.6 is 23.1 Å². The largest absolute Gasteiger partial charge is 0.494 e. The Balaban J connectivity index is 1.32. The molecule has 1 aliphatic rings. The summed E-state index contributed by atoms with van der Waals surface area (Å²) in [6.07, 6.45) is 0.564. The first kappa shape index (κ1) is 21.1. The average Bonchev–Trinajstić information content (AvgIpc) is 3.31. The van der Waals surface area contributed by atoms with Gasteiger partial charge < -0.3 is 20.5 Å².